The van der Waals surface area contributed by atoms with E-state index in [0.29, 0.717) is 12.1 Å². The number of halogens is 1. The molecule has 2 aliphatic rings. The molecule has 0 unspecified atom stereocenters. The minimum absolute atomic E-state index is 0.0148. The van der Waals surface area contributed by atoms with Crippen LogP contribution in [0.5, 0.6) is 0 Å². The van der Waals surface area contributed by atoms with Crippen LogP contribution in [-0.4, -0.2) is 23.5 Å². The van der Waals surface area contributed by atoms with Gasteiger partial charge in [-0.2, -0.15) is 0 Å². The minimum Gasteiger partial charge on any atom is -0.478 e. The van der Waals surface area contributed by atoms with Gasteiger partial charge < -0.3 is 10.4 Å². The van der Waals surface area contributed by atoms with Crippen LogP contribution in [0.25, 0.3) is 0 Å². The molecule has 19 heavy (non-hydrogen) atoms. The van der Waals surface area contributed by atoms with Gasteiger partial charge in [0.1, 0.15) is 0 Å². The van der Waals surface area contributed by atoms with Crippen LogP contribution in [0.2, 0.25) is 0 Å². The Bertz CT molecular complexity index is 576. The van der Waals surface area contributed by atoms with Crippen molar-refractivity contribution in [2.45, 2.75) is 31.1 Å². The molecule has 1 saturated carbocycles. The molecule has 1 fully saturated rings. The summed E-state index contributed by atoms with van der Waals surface area (Å²) in [6.07, 6.45) is 4.40. The van der Waals surface area contributed by atoms with Crippen molar-refractivity contribution in [2.24, 2.45) is 0 Å². The third kappa shape index (κ3) is 1.87. The summed E-state index contributed by atoms with van der Waals surface area (Å²) in [5, 5.41) is 12.0. The number of rotatable bonds is 1. The molecule has 0 aromatic heterocycles. The van der Waals surface area contributed by atoms with Gasteiger partial charge in [0, 0.05) is 22.0 Å². The number of aromatic carboxylic acids is 1. The molecule has 2 N–H and O–H groups in total. The highest BCUT2D eigenvalue weighted by molar-refractivity contribution is 9.10. The maximum atomic E-state index is 12.0. The molecule has 0 bridgehead atoms. The lowest BCUT2D eigenvalue weighted by atomic mass is 9.74. The van der Waals surface area contributed by atoms with E-state index in [2.05, 4.69) is 21.2 Å². The van der Waals surface area contributed by atoms with Gasteiger partial charge >= 0.3 is 5.97 Å². The monoisotopic (exact) mass is 323 g/mol. The van der Waals surface area contributed by atoms with Crippen molar-refractivity contribution in [1.82, 2.24) is 5.32 Å². The van der Waals surface area contributed by atoms with Gasteiger partial charge in [-0.25, -0.2) is 4.79 Å². The number of hydrogen-bond acceptors (Lipinski definition) is 2. The Hall–Kier alpha value is -1.36. The number of benzene rings is 1. The summed E-state index contributed by atoms with van der Waals surface area (Å²) in [6.45, 7) is 0.657. The average molecular weight is 324 g/mol. The largest absolute Gasteiger partial charge is 0.478 e. The van der Waals surface area contributed by atoms with Crippen molar-refractivity contribution in [1.29, 1.82) is 0 Å². The fraction of sp³-hybridized carbons (Fsp3) is 0.429. The molecular formula is C14H14BrNO3. The highest BCUT2D eigenvalue weighted by atomic mass is 79.9. The molecule has 4 nitrogen and oxygen atoms in total. The van der Waals surface area contributed by atoms with Crippen LogP contribution in [0.1, 0.15) is 52.0 Å². The SMILES string of the molecule is O=C(O)c1cc(Br)c2c(c1)C(=O)NCC21CCCC1. The van der Waals surface area contributed by atoms with Crippen LogP contribution in [0, 0.1) is 0 Å². The number of carbonyl (C=O) groups is 2. The van der Waals surface area contributed by atoms with E-state index in [4.69, 9.17) is 5.11 Å². The first-order valence-corrected chi connectivity index (χ1v) is 7.18. The number of fused-ring (bicyclic) bond motifs is 2. The van der Waals surface area contributed by atoms with Crippen molar-refractivity contribution in [3.63, 3.8) is 0 Å². The van der Waals surface area contributed by atoms with Crippen molar-refractivity contribution >= 4 is 27.8 Å². The van der Waals surface area contributed by atoms with Crippen LogP contribution >= 0.6 is 15.9 Å². The predicted octanol–water partition coefficient (Wildman–Crippen LogP) is 2.70. The number of amides is 1. The highest BCUT2D eigenvalue weighted by Gasteiger charge is 2.43. The summed E-state index contributed by atoms with van der Waals surface area (Å²) in [6, 6.07) is 3.11. The molecular weight excluding hydrogens is 310 g/mol. The Morgan fingerprint density at radius 3 is 2.63 bits per heavy atom. The van der Waals surface area contributed by atoms with E-state index in [1.54, 1.807) is 6.07 Å². The summed E-state index contributed by atoms with van der Waals surface area (Å²) in [5.74, 6) is -1.18. The van der Waals surface area contributed by atoms with Crippen LogP contribution < -0.4 is 5.32 Å². The maximum absolute atomic E-state index is 12.0. The lowest BCUT2D eigenvalue weighted by Gasteiger charge is -2.36. The number of carbonyl (C=O) groups excluding carboxylic acids is 1. The molecule has 100 valence electrons. The first-order valence-electron chi connectivity index (χ1n) is 6.39. The van der Waals surface area contributed by atoms with Gasteiger partial charge in [0.2, 0.25) is 0 Å². The highest BCUT2D eigenvalue weighted by Crippen LogP contribution is 2.47. The molecule has 1 aliphatic carbocycles. The zero-order valence-corrected chi connectivity index (χ0v) is 11.9. The maximum Gasteiger partial charge on any atom is 0.335 e. The Morgan fingerprint density at radius 1 is 1.32 bits per heavy atom. The molecule has 3 rings (SSSR count). The van der Waals surface area contributed by atoms with E-state index in [1.165, 1.54) is 6.07 Å². The Labute approximate surface area is 119 Å². The Kier molecular flexibility index (Phi) is 2.89. The smallest absolute Gasteiger partial charge is 0.335 e. The summed E-state index contributed by atoms with van der Waals surface area (Å²) in [4.78, 5) is 23.1. The molecule has 1 aromatic rings. The van der Waals surface area contributed by atoms with E-state index < -0.39 is 5.97 Å². The third-order valence-electron chi connectivity index (χ3n) is 4.26. The van der Waals surface area contributed by atoms with Gasteiger partial charge in [-0.1, -0.05) is 28.8 Å². The number of carboxylic acid groups (broad SMARTS) is 1. The summed E-state index contributed by atoms with van der Waals surface area (Å²) >= 11 is 3.47. The molecule has 1 aliphatic heterocycles. The topological polar surface area (TPSA) is 66.4 Å². The molecule has 0 saturated heterocycles. The predicted molar refractivity (Wildman–Crippen MR) is 73.6 cm³/mol. The zero-order chi connectivity index (χ0) is 13.6. The van der Waals surface area contributed by atoms with E-state index in [1.807, 2.05) is 0 Å². The third-order valence-corrected chi connectivity index (χ3v) is 4.89. The number of hydrogen-bond donors (Lipinski definition) is 2. The first kappa shape index (κ1) is 12.7. The van der Waals surface area contributed by atoms with Gasteiger partial charge in [0.25, 0.3) is 5.91 Å². The normalized spacial score (nSPS) is 20.2. The second kappa shape index (κ2) is 4.34. The van der Waals surface area contributed by atoms with Gasteiger partial charge in [0.05, 0.1) is 5.56 Å². The van der Waals surface area contributed by atoms with Gasteiger partial charge in [-0.15, -0.1) is 0 Å². The van der Waals surface area contributed by atoms with E-state index in [0.717, 1.165) is 35.7 Å². The second-order valence-corrected chi connectivity index (χ2v) is 6.21. The van der Waals surface area contributed by atoms with Crippen LogP contribution in [-0.2, 0) is 5.41 Å². The van der Waals surface area contributed by atoms with Crippen LogP contribution in [0.15, 0.2) is 16.6 Å². The molecule has 0 atom stereocenters. The van der Waals surface area contributed by atoms with Crippen molar-refractivity contribution in [3.05, 3.63) is 33.3 Å². The van der Waals surface area contributed by atoms with Crippen LogP contribution in [0.4, 0.5) is 0 Å². The zero-order valence-electron chi connectivity index (χ0n) is 10.3. The van der Waals surface area contributed by atoms with E-state index in [9.17, 15) is 9.59 Å². The number of carboxylic acids is 1. The van der Waals surface area contributed by atoms with Crippen molar-refractivity contribution in [2.75, 3.05) is 6.54 Å². The molecule has 1 spiro atoms. The first-order chi connectivity index (χ1) is 9.03. The number of nitrogens with one attached hydrogen (secondary N) is 1. The molecule has 0 radical (unpaired) electrons. The molecule has 5 heteroatoms. The lowest BCUT2D eigenvalue weighted by Crippen LogP contribution is -2.45. The Balaban J connectivity index is 2.22. The van der Waals surface area contributed by atoms with Crippen molar-refractivity contribution in [3.8, 4) is 0 Å². The fourth-order valence-electron chi connectivity index (χ4n) is 3.36. The second-order valence-electron chi connectivity index (χ2n) is 5.36. The van der Waals surface area contributed by atoms with Crippen LogP contribution in [0.3, 0.4) is 0 Å². The van der Waals surface area contributed by atoms with E-state index in [-0.39, 0.29) is 16.9 Å². The standard InChI is InChI=1S/C14H14BrNO3/c15-10-6-8(13(18)19)5-9-11(10)14(3-1-2-4-14)7-16-12(9)17/h5-6H,1-4,7H2,(H,16,17)(H,18,19). The minimum atomic E-state index is -1.01. The summed E-state index contributed by atoms with van der Waals surface area (Å²) in [5.41, 5.74) is 1.65. The van der Waals surface area contributed by atoms with E-state index >= 15 is 0 Å². The summed E-state index contributed by atoms with van der Waals surface area (Å²) in [7, 11) is 0. The average Bonchev–Trinajstić information content (AvgIpc) is 2.83. The fourth-order valence-corrected chi connectivity index (χ4v) is 4.24. The quantitative estimate of drug-likeness (QED) is 0.835. The lowest BCUT2D eigenvalue weighted by molar-refractivity contribution is 0.0696. The van der Waals surface area contributed by atoms with Gasteiger partial charge in [-0.05, 0) is 30.5 Å². The van der Waals surface area contributed by atoms with Gasteiger partial charge in [0.15, 0.2) is 0 Å². The molecule has 1 aromatic carbocycles. The van der Waals surface area contributed by atoms with Gasteiger partial charge in [-0.3, -0.25) is 4.79 Å². The Morgan fingerprint density at radius 2 is 2.00 bits per heavy atom. The molecule has 1 heterocycles. The molecule has 1 amide bonds. The van der Waals surface area contributed by atoms with Crippen molar-refractivity contribution < 1.29 is 14.7 Å². The summed E-state index contributed by atoms with van der Waals surface area (Å²) < 4.78 is 0.749.